The predicted molar refractivity (Wildman–Crippen MR) is 87.6 cm³/mol. The Kier molecular flexibility index (Phi) is 3.76. The van der Waals surface area contributed by atoms with E-state index in [0.717, 1.165) is 30.7 Å². The zero-order valence-corrected chi connectivity index (χ0v) is 13.2. The Bertz CT molecular complexity index is 459. The van der Waals surface area contributed by atoms with Crippen molar-refractivity contribution < 1.29 is 0 Å². The van der Waals surface area contributed by atoms with Crippen LogP contribution in [0.4, 0.5) is 0 Å². The van der Waals surface area contributed by atoms with E-state index < -0.39 is 0 Å². The van der Waals surface area contributed by atoms with Crippen LogP contribution in [-0.2, 0) is 12.8 Å². The molecule has 2 aliphatic heterocycles. The largest absolute Gasteiger partial charge is 0.314 e. The van der Waals surface area contributed by atoms with E-state index in [0.29, 0.717) is 0 Å². The van der Waals surface area contributed by atoms with E-state index in [9.17, 15) is 0 Å². The van der Waals surface area contributed by atoms with E-state index in [1.807, 2.05) is 0 Å². The van der Waals surface area contributed by atoms with Gasteiger partial charge in [0.25, 0.3) is 0 Å². The molecular weight excluding hydrogens is 256 g/mol. The third-order valence-corrected chi connectivity index (χ3v) is 5.98. The van der Waals surface area contributed by atoms with Gasteiger partial charge in [-0.25, -0.2) is 0 Å². The van der Waals surface area contributed by atoms with Gasteiger partial charge in [0.15, 0.2) is 0 Å². The number of hydrogen-bond donors (Lipinski definition) is 1. The Labute approximate surface area is 128 Å². The maximum absolute atomic E-state index is 3.71. The fraction of sp³-hybridized carbons (Fsp3) is 0.684. The minimum atomic E-state index is 0.769. The zero-order valence-electron chi connectivity index (χ0n) is 13.2. The Morgan fingerprint density at radius 2 is 1.62 bits per heavy atom. The fourth-order valence-corrected chi connectivity index (χ4v) is 5.22. The highest BCUT2D eigenvalue weighted by Gasteiger charge is 2.42. The quantitative estimate of drug-likeness (QED) is 0.917. The van der Waals surface area contributed by atoms with E-state index in [1.54, 1.807) is 11.1 Å². The summed E-state index contributed by atoms with van der Waals surface area (Å²) in [5.74, 6) is 0. The topological polar surface area (TPSA) is 15.3 Å². The van der Waals surface area contributed by atoms with Crippen LogP contribution < -0.4 is 5.32 Å². The molecule has 114 valence electrons. The molecule has 1 aliphatic carbocycles. The van der Waals surface area contributed by atoms with Crippen molar-refractivity contribution in [2.75, 3.05) is 6.54 Å². The summed E-state index contributed by atoms with van der Waals surface area (Å²) < 4.78 is 0. The van der Waals surface area contributed by atoms with Crippen LogP contribution in [0.2, 0.25) is 0 Å². The fourth-order valence-electron chi connectivity index (χ4n) is 5.22. The van der Waals surface area contributed by atoms with Gasteiger partial charge in [-0.2, -0.15) is 0 Å². The molecule has 4 rings (SSSR count). The lowest BCUT2D eigenvalue weighted by molar-refractivity contribution is -0.00750. The lowest BCUT2D eigenvalue weighted by Gasteiger charge is -2.52. The maximum atomic E-state index is 3.71. The first-order valence-electron chi connectivity index (χ1n) is 8.92. The molecule has 0 aromatic heterocycles. The molecule has 1 aromatic rings. The van der Waals surface area contributed by atoms with Crippen LogP contribution in [-0.4, -0.2) is 35.6 Å². The molecule has 21 heavy (non-hydrogen) atoms. The van der Waals surface area contributed by atoms with Crippen molar-refractivity contribution in [3.63, 3.8) is 0 Å². The van der Waals surface area contributed by atoms with Crippen LogP contribution >= 0.6 is 0 Å². The van der Waals surface area contributed by atoms with Crippen molar-refractivity contribution in [3.8, 4) is 0 Å². The Hall–Kier alpha value is -0.860. The third-order valence-electron chi connectivity index (χ3n) is 5.98. The molecule has 3 aliphatic rings. The second-order valence-electron chi connectivity index (χ2n) is 7.24. The first-order valence-corrected chi connectivity index (χ1v) is 8.92. The highest BCUT2D eigenvalue weighted by molar-refractivity contribution is 5.33. The van der Waals surface area contributed by atoms with Crippen LogP contribution in [0.5, 0.6) is 0 Å². The standard InChI is InChI=1S/C19H28N2/c1-2-20-16-12-17-8-5-9-18(13-16)21(17)19-10-14-6-3-4-7-15(14)11-19/h3-4,6-7,16-20H,2,5,8-13H2,1H3. The number of rotatable bonds is 3. The molecule has 0 amide bonds. The monoisotopic (exact) mass is 284 g/mol. The number of nitrogens with one attached hydrogen (secondary N) is 1. The van der Waals surface area contributed by atoms with Gasteiger partial charge < -0.3 is 5.32 Å². The first kappa shape index (κ1) is 13.8. The molecule has 1 aromatic carbocycles. The second kappa shape index (κ2) is 5.73. The lowest BCUT2D eigenvalue weighted by Crippen LogP contribution is -2.59. The van der Waals surface area contributed by atoms with Gasteiger partial charge >= 0.3 is 0 Å². The minimum absolute atomic E-state index is 0.769. The Morgan fingerprint density at radius 3 is 2.19 bits per heavy atom. The van der Waals surface area contributed by atoms with Gasteiger partial charge in [-0.1, -0.05) is 37.6 Å². The van der Waals surface area contributed by atoms with Crippen molar-refractivity contribution in [2.45, 2.75) is 76.0 Å². The molecule has 2 heteroatoms. The third kappa shape index (κ3) is 2.53. The highest BCUT2D eigenvalue weighted by Crippen LogP contribution is 2.39. The molecule has 2 bridgehead atoms. The summed E-state index contributed by atoms with van der Waals surface area (Å²) in [6.45, 7) is 3.37. The van der Waals surface area contributed by atoms with Crippen molar-refractivity contribution >= 4 is 0 Å². The first-order chi connectivity index (χ1) is 10.3. The summed E-state index contributed by atoms with van der Waals surface area (Å²) in [5.41, 5.74) is 3.21. The molecule has 1 N–H and O–H groups in total. The highest BCUT2D eigenvalue weighted by atomic mass is 15.2. The van der Waals surface area contributed by atoms with Crippen LogP contribution in [0.15, 0.2) is 24.3 Å². The number of nitrogens with zero attached hydrogens (tertiary/aromatic N) is 1. The Morgan fingerprint density at radius 1 is 1.00 bits per heavy atom. The summed E-state index contributed by atoms with van der Waals surface area (Å²) >= 11 is 0. The molecular formula is C19H28N2. The van der Waals surface area contributed by atoms with Gasteiger partial charge in [-0.05, 0) is 56.2 Å². The summed E-state index contributed by atoms with van der Waals surface area (Å²) in [4.78, 5) is 2.94. The van der Waals surface area contributed by atoms with E-state index in [4.69, 9.17) is 0 Å². The average molecular weight is 284 g/mol. The predicted octanol–water partition coefficient (Wildman–Crippen LogP) is 3.15. The van der Waals surface area contributed by atoms with E-state index >= 15 is 0 Å². The number of fused-ring (bicyclic) bond motifs is 3. The van der Waals surface area contributed by atoms with Gasteiger partial charge in [-0.15, -0.1) is 0 Å². The molecule has 0 spiro atoms. The van der Waals surface area contributed by atoms with E-state index in [-0.39, 0.29) is 0 Å². The lowest BCUT2D eigenvalue weighted by atomic mass is 9.80. The SMILES string of the molecule is CCNC1CC2CCCC(C1)N2C1Cc2ccccc2C1. The van der Waals surface area contributed by atoms with Gasteiger partial charge in [0, 0.05) is 24.2 Å². The summed E-state index contributed by atoms with van der Waals surface area (Å²) in [6.07, 6.45) is 9.61. The molecule has 2 saturated heterocycles. The molecule has 2 heterocycles. The molecule has 2 atom stereocenters. The van der Waals surface area contributed by atoms with Gasteiger partial charge in [-0.3, -0.25) is 4.90 Å². The minimum Gasteiger partial charge on any atom is -0.314 e. The summed E-state index contributed by atoms with van der Waals surface area (Å²) in [7, 11) is 0. The van der Waals surface area contributed by atoms with Crippen molar-refractivity contribution in [1.82, 2.24) is 10.2 Å². The van der Waals surface area contributed by atoms with Crippen LogP contribution in [0.3, 0.4) is 0 Å². The summed E-state index contributed by atoms with van der Waals surface area (Å²) in [6, 6.07) is 12.3. The maximum Gasteiger partial charge on any atom is 0.0182 e. The van der Waals surface area contributed by atoms with Crippen LogP contribution in [0.1, 0.15) is 50.2 Å². The Balaban J connectivity index is 1.51. The van der Waals surface area contributed by atoms with Crippen molar-refractivity contribution in [2.24, 2.45) is 0 Å². The van der Waals surface area contributed by atoms with Gasteiger partial charge in [0.2, 0.25) is 0 Å². The summed E-state index contributed by atoms with van der Waals surface area (Å²) in [5, 5.41) is 3.71. The van der Waals surface area contributed by atoms with E-state index in [2.05, 4.69) is 41.4 Å². The van der Waals surface area contributed by atoms with E-state index in [1.165, 1.54) is 44.9 Å². The molecule has 0 radical (unpaired) electrons. The van der Waals surface area contributed by atoms with Gasteiger partial charge in [0.1, 0.15) is 0 Å². The van der Waals surface area contributed by atoms with Gasteiger partial charge in [0.05, 0.1) is 0 Å². The van der Waals surface area contributed by atoms with Crippen LogP contribution in [0, 0.1) is 0 Å². The van der Waals surface area contributed by atoms with Crippen molar-refractivity contribution in [3.05, 3.63) is 35.4 Å². The molecule has 2 fully saturated rings. The normalized spacial score (nSPS) is 33.1. The smallest absolute Gasteiger partial charge is 0.0182 e. The molecule has 2 unspecified atom stereocenters. The number of hydrogen-bond acceptors (Lipinski definition) is 2. The molecule has 2 nitrogen and oxygen atoms in total. The van der Waals surface area contributed by atoms with Crippen molar-refractivity contribution in [1.29, 1.82) is 0 Å². The zero-order chi connectivity index (χ0) is 14.2. The molecule has 0 saturated carbocycles. The number of piperidine rings is 2. The second-order valence-corrected chi connectivity index (χ2v) is 7.24. The average Bonchev–Trinajstić information content (AvgIpc) is 2.90. The number of benzene rings is 1. The van der Waals surface area contributed by atoms with Crippen LogP contribution in [0.25, 0.3) is 0 Å².